The summed E-state index contributed by atoms with van der Waals surface area (Å²) >= 11 is 0. The van der Waals surface area contributed by atoms with Crippen LogP contribution in [0.25, 0.3) is 0 Å². The smallest absolute Gasteiger partial charge is 0.0951 e. The molecule has 0 bridgehead atoms. The Morgan fingerprint density at radius 1 is 1.25 bits per heavy atom. The number of hydrogen-bond donors (Lipinski definition) is 1. The maximum absolute atomic E-state index is 4.45. The summed E-state index contributed by atoms with van der Waals surface area (Å²) in [6.45, 7) is 2.40. The van der Waals surface area contributed by atoms with E-state index in [4.69, 9.17) is 0 Å². The number of piperidine rings is 1. The van der Waals surface area contributed by atoms with Crippen LogP contribution in [0.5, 0.6) is 0 Å². The molecule has 1 saturated heterocycles. The number of hydrogen-bond acceptors (Lipinski definition) is 3. The molecule has 1 aromatic rings. The van der Waals surface area contributed by atoms with Gasteiger partial charge in [0.2, 0.25) is 0 Å². The third kappa shape index (κ3) is 2.51. The summed E-state index contributed by atoms with van der Waals surface area (Å²) in [7, 11) is 2.29. The Morgan fingerprint density at radius 3 is 2.85 bits per heavy atom. The van der Waals surface area contributed by atoms with E-state index in [2.05, 4.69) is 39.3 Å². The Balaban J connectivity index is 1.54. The summed E-state index contributed by atoms with van der Waals surface area (Å²) in [4.78, 5) is 7.01. The second-order valence-corrected chi connectivity index (χ2v) is 6.97. The molecule has 2 aliphatic carbocycles. The van der Waals surface area contributed by atoms with Crippen molar-refractivity contribution in [2.45, 2.75) is 56.7 Å². The molecule has 1 aromatic heterocycles. The Labute approximate surface area is 121 Å². The van der Waals surface area contributed by atoms with E-state index in [0.29, 0.717) is 6.04 Å². The van der Waals surface area contributed by atoms with E-state index in [1.54, 1.807) is 0 Å². The molecule has 110 valence electrons. The Kier molecular flexibility index (Phi) is 3.31. The van der Waals surface area contributed by atoms with Gasteiger partial charge in [0.25, 0.3) is 0 Å². The zero-order valence-corrected chi connectivity index (χ0v) is 12.5. The van der Waals surface area contributed by atoms with Crippen molar-refractivity contribution in [1.82, 2.24) is 19.8 Å². The van der Waals surface area contributed by atoms with Crippen LogP contribution in [-0.2, 0) is 0 Å². The predicted molar refractivity (Wildman–Crippen MR) is 79.6 cm³/mol. The monoisotopic (exact) mass is 274 g/mol. The highest BCUT2D eigenvalue weighted by molar-refractivity contribution is 5.12. The van der Waals surface area contributed by atoms with Gasteiger partial charge in [-0.3, -0.25) is 4.90 Å². The third-order valence-corrected chi connectivity index (χ3v) is 5.19. The molecular formula is C16H26N4. The van der Waals surface area contributed by atoms with Crippen LogP contribution in [0.1, 0.15) is 56.3 Å². The van der Waals surface area contributed by atoms with Crippen LogP contribution in [0.4, 0.5) is 0 Å². The van der Waals surface area contributed by atoms with E-state index < -0.39 is 0 Å². The van der Waals surface area contributed by atoms with Gasteiger partial charge in [-0.15, -0.1) is 0 Å². The topological polar surface area (TPSA) is 33.1 Å². The minimum Gasteiger partial charge on any atom is -0.330 e. The Morgan fingerprint density at radius 2 is 2.10 bits per heavy atom. The first kappa shape index (κ1) is 12.8. The number of imidazole rings is 1. The van der Waals surface area contributed by atoms with Crippen molar-refractivity contribution >= 4 is 0 Å². The summed E-state index contributed by atoms with van der Waals surface area (Å²) in [5.41, 5.74) is 1.46. The largest absolute Gasteiger partial charge is 0.330 e. The highest BCUT2D eigenvalue weighted by Gasteiger charge is 2.36. The average molecular weight is 274 g/mol. The molecule has 3 aliphatic rings. The summed E-state index contributed by atoms with van der Waals surface area (Å²) < 4.78 is 2.45. The Hall–Kier alpha value is -0.870. The van der Waals surface area contributed by atoms with Gasteiger partial charge in [-0.2, -0.15) is 0 Å². The minimum absolute atomic E-state index is 0.554. The van der Waals surface area contributed by atoms with Gasteiger partial charge in [-0.1, -0.05) is 0 Å². The van der Waals surface area contributed by atoms with Gasteiger partial charge in [0.1, 0.15) is 0 Å². The van der Waals surface area contributed by atoms with Gasteiger partial charge >= 0.3 is 0 Å². The molecule has 4 rings (SSSR count). The fourth-order valence-corrected chi connectivity index (χ4v) is 3.75. The number of nitrogens with zero attached hydrogens (tertiary/aromatic N) is 3. The molecule has 4 heteroatoms. The highest BCUT2D eigenvalue weighted by Crippen LogP contribution is 2.41. The van der Waals surface area contributed by atoms with E-state index in [0.717, 1.165) is 18.0 Å². The van der Waals surface area contributed by atoms with E-state index in [9.17, 15) is 0 Å². The highest BCUT2D eigenvalue weighted by atomic mass is 15.2. The molecule has 2 atom stereocenters. The van der Waals surface area contributed by atoms with Crippen LogP contribution in [0, 0.1) is 5.92 Å². The maximum atomic E-state index is 4.45. The molecule has 0 radical (unpaired) electrons. The molecular weight excluding hydrogens is 248 g/mol. The summed E-state index contributed by atoms with van der Waals surface area (Å²) in [6, 6.07) is 2.11. The van der Waals surface area contributed by atoms with Gasteiger partial charge < -0.3 is 9.88 Å². The zero-order chi connectivity index (χ0) is 13.5. The number of rotatable bonds is 5. The molecule has 3 fully saturated rings. The molecule has 2 unspecified atom stereocenters. The first-order chi connectivity index (χ1) is 9.83. The van der Waals surface area contributed by atoms with Gasteiger partial charge in [-0.05, 0) is 58.0 Å². The fourth-order valence-electron chi connectivity index (χ4n) is 3.75. The van der Waals surface area contributed by atoms with Crippen molar-refractivity contribution < 1.29 is 0 Å². The molecule has 1 N–H and O–H groups in total. The van der Waals surface area contributed by atoms with E-state index in [1.165, 1.54) is 57.3 Å². The van der Waals surface area contributed by atoms with Gasteiger partial charge in [0.05, 0.1) is 18.1 Å². The maximum Gasteiger partial charge on any atom is 0.0951 e. The quantitative estimate of drug-likeness (QED) is 0.895. The molecule has 0 aromatic carbocycles. The fraction of sp³-hybridized carbons (Fsp3) is 0.812. The Bertz CT molecular complexity index is 461. The first-order valence-corrected chi connectivity index (χ1v) is 8.28. The van der Waals surface area contributed by atoms with Crippen molar-refractivity contribution in [3.05, 3.63) is 18.2 Å². The van der Waals surface area contributed by atoms with Crippen molar-refractivity contribution in [2.75, 3.05) is 20.1 Å². The molecule has 2 heterocycles. The van der Waals surface area contributed by atoms with Crippen molar-refractivity contribution in [1.29, 1.82) is 0 Å². The third-order valence-electron chi connectivity index (χ3n) is 5.19. The average Bonchev–Trinajstić information content (AvgIpc) is 3.37. The van der Waals surface area contributed by atoms with Gasteiger partial charge in [0.15, 0.2) is 0 Å². The number of nitrogens with one attached hydrogen (secondary N) is 1. The first-order valence-electron chi connectivity index (χ1n) is 8.28. The molecule has 2 saturated carbocycles. The standard InChI is InChI=1S/C16H26N4/c1-19-8-2-3-12(9-18-13-4-5-13)16(19)15-10-17-11-20(15)14-6-7-14/h10-14,16,18H,2-9H2,1H3. The molecule has 1 aliphatic heterocycles. The lowest BCUT2D eigenvalue weighted by Crippen LogP contribution is -2.41. The van der Waals surface area contributed by atoms with Crippen LogP contribution in [0.15, 0.2) is 12.5 Å². The van der Waals surface area contributed by atoms with Crippen molar-refractivity contribution in [2.24, 2.45) is 5.92 Å². The van der Waals surface area contributed by atoms with Crippen LogP contribution in [0.2, 0.25) is 0 Å². The number of aromatic nitrogens is 2. The SMILES string of the molecule is CN1CCCC(CNC2CC2)C1c1cncn1C1CC1. The molecule has 0 spiro atoms. The molecule has 20 heavy (non-hydrogen) atoms. The van der Waals surface area contributed by atoms with Crippen molar-refractivity contribution in [3.63, 3.8) is 0 Å². The summed E-state index contributed by atoms with van der Waals surface area (Å²) in [5.74, 6) is 0.739. The number of likely N-dealkylation sites (tertiary alicyclic amines) is 1. The van der Waals surface area contributed by atoms with Gasteiger partial charge in [-0.25, -0.2) is 4.98 Å². The zero-order valence-electron chi connectivity index (χ0n) is 12.5. The van der Waals surface area contributed by atoms with Crippen LogP contribution in [0.3, 0.4) is 0 Å². The lowest BCUT2D eigenvalue weighted by Gasteiger charge is -2.39. The normalized spacial score (nSPS) is 31.6. The predicted octanol–water partition coefficient (Wildman–Crippen LogP) is 2.35. The van der Waals surface area contributed by atoms with E-state index >= 15 is 0 Å². The lowest BCUT2D eigenvalue weighted by atomic mass is 9.87. The van der Waals surface area contributed by atoms with E-state index in [1.807, 2.05) is 0 Å². The molecule has 0 amide bonds. The minimum atomic E-state index is 0.554. The van der Waals surface area contributed by atoms with Crippen LogP contribution in [-0.4, -0.2) is 40.6 Å². The van der Waals surface area contributed by atoms with E-state index in [-0.39, 0.29) is 0 Å². The second-order valence-electron chi connectivity index (χ2n) is 6.97. The lowest BCUT2D eigenvalue weighted by molar-refractivity contribution is 0.113. The molecule has 4 nitrogen and oxygen atoms in total. The second kappa shape index (κ2) is 5.15. The summed E-state index contributed by atoms with van der Waals surface area (Å²) in [6.07, 6.45) is 12.3. The van der Waals surface area contributed by atoms with Crippen LogP contribution >= 0.6 is 0 Å². The van der Waals surface area contributed by atoms with Crippen LogP contribution < -0.4 is 5.32 Å². The van der Waals surface area contributed by atoms with Gasteiger partial charge in [0, 0.05) is 24.8 Å². The van der Waals surface area contributed by atoms with Crippen molar-refractivity contribution in [3.8, 4) is 0 Å². The summed E-state index contributed by atoms with van der Waals surface area (Å²) in [5, 5.41) is 3.75.